The SMILES string of the molecule is CC(=O)N1CCN(C(=O)c2csc(-c3ccc(OCc4ccccc4Cl)cc3Cl)n2)CC1. The number of hydrogen-bond donors (Lipinski definition) is 0. The van der Waals surface area contributed by atoms with Gasteiger partial charge in [-0.25, -0.2) is 4.98 Å². The highest BCUT2D eigenvalue weighted by atomic mass is 35.5. The number of carbonyl (C=O) groups excluding carboxylic acids is 2. The third-order valence-electron chi connectivity index (χ3n) is 5.26. The highest BCUT2D eigenvalue weighted by Crippen LogP contribution is 2.34. The molecule has 0 aliphatic carbocycles. The van der Waals surface area contributed by atoms with Gasteiger partial charge in [-0.05, 0) is 24.3 Å². The van der Waals surface area contributed by atoms with Gasteiger partial charge >= 0.3 is 0 Å². The second-order valence-electron chi connectivity index (χ2n) is 7.36. The minimum Gasteiger partial charge on any atom is -0.489 e. The Morgan fingerprint density at radius 1 is 1.03 bits per heavy atom. The molecule has 0 bridgehead atoms. The van der Waals surface area contributed by atoms with Gasteiger partial charge in [0.2, 0.25) is 5.91 Å². The van der Waals surface area contributed by atoms with Crippen LogP contribution in [0.25, 0.3) is 10.6 Å². The van der Waals surface area contributed by atoms with E-state index in [1.807, 2.05) is 36.4 Å². The standard InChI is InChI=1S/C23H21Cl2N3O3S/c1-15(29)27-8-10-28(11-9-27)23(30)21-14-32-22(26-21)18-7-6-17(12-20(18)25)31-13-16-4-2-3-5-19(16)24/h2-7,12,14H,8-11,13H2,1H3. The van der Waals surface area contributed by atoms with Gasteiger partial charge in [0.25, 0.3) is 5.91 Å². The molecule has 9 heteroatoms. The van der Waals surface area contributed by atoms with Gasteiger partial charge in [-0.2, -0.15) is 0 Å². The molecule has 0 spiro atoms. The first-order chi connectivity index (χ1) is 15.4. The topological polar surface area (TPSA) is 62.7 Å². The van der Waals surface area contributed by atoms with Crippen LogP contribution in [0, 0.1) is 0 Å². The van der Waals surface area contributed by atoms with Gasteiger partial charge in [0.05, 0.1) is 5.02 Å². The van der Waals surface area contributed by atoms with E-state index in [2.05, 4.69) is 4.98 Å². The van der Waals surface area contributed by atoms with Gasteiger partial charge in [-0.3, -0.25) is 9.59 Å². The Bertz CT molecular complexity index is 1140. The maximum atomic E-state index is 12.8. The predicted octanol–water partition coefficient (Wildman–Crippen LogP) is 5.00. The van der Waals surface area contributed by atoms with Crippen molar-refractivity contribution in [2.75, 3.05) is 26.2 Å². The van der Waals surface area contributed by atoms with Crippen molar-refractivity contribution < 1.29 is 14.3 Å². The summed E-state index contributed by atoms with van der Waals surface area (Å²) in [5, 5.41) is 3.55. The van der Waals surface area contributed by atoms with Gasteiger partial charge in [-0.15, -0.1) is 11.3 Å². The number of amides is 2. The number of piperazine rings is 1. The van der Waals surface area contributed by atoms with Crippen molar-refractivity contribution in [3.63, 3.8) is 0 Å². The van der Waals surface area contributed by atoms with E-state index in [4.69, 9.17) is 27.9 Å². The van der Waals surface area contributed by atoms with E-state index in [1.54, 1.807) is 28.2 Å². The van der Waals surface area contributed by atoms with E-state index in [0.29, 0.717) is 59.3 Å². The zero-order chi connectivity index (χ0) is 22.7. The Kier molecular flexibility index (Phi) is 6.98. The summed E-state index contributed by atoms with van der Waals surface area (Å²) < 4.78 is 5.82. The van der Waals surface area contributed by atoms with E-state index in [0.717, 1.165) is 11.1 Å². The van der Waals surface area contributed by atoms with Crippen molar-refractivity contribution >= 4 is 46.4 Å². The van der Waals surface area contributed by atoms with Crippen LogP contribution in [0.3, 0.4) is 0 Å². The highest BCUT2D eigenvalue weighted by molar-refractivity contribution is 7.13. The molecule has 1 fully saturated rings. The van der Waals surface area contributed by atoms with Crippen LogP contribution in [0.2, 0.25) is 10.0 Å². The second-order valence-corrected chi connectivity index (χ2v) is 9.03. The van der Waals surface area contributed by atoms with Crippen LogP contribution in [0.5, 0.6) is 5.75 Å². The van der Waals surface area contributed by atoms with Gasteiger partial charge in [0.15, 0.2) is 0 Å². The molecular formula is C23H21Cl2N3O3S. The van der Waals surface area contributed by atoms with Crippen LogP contribution in [0.15, 0.2) is 47.8 Å². The van der Waals surface area contributed by atoms with Gasteiger partial charge in [0.1, 0.15) is 23.1 Å². The smallest absolute Gasteiger partial charge is 0.273 e. The minimum absolute atomic E-state index is 0.0296. The number of ether oxygens (including phenoxy) is 1. The van der Waals surface area contributed by atoms with E-state index in [9.17, 15) is 9.59 Å². The second kappa shape index (κ2) is 9.90. The van der Waals surface area contributed by atoms with Crippen LogP contribution < -0.4 is 4.74 Å². The van der Waals surface area contributed by atoms with E-state index in [-0.39, 0.29) is 11.8 Å². The van der Waals surface area contributed by atoms with Crippen LogP contribution in [-0.2, 0) is 11.4 Å². The number of aromatic nitrogens is 1. The fourth-order valence-corrected chi connectivity index (χ4v) is 4.76. The molecule has 2 amide bonds. The lowest BCUT2D eigenvalue weighted by Gasteiger charge is -2.33. The first-order valence-electron chi connectivity index (χ1n) is 10.1. The summed E-state index contributed by atoms with van der Waals surface area (Å²) in [6.45, 7) is 3.97. The third kappa shape index (κ3) is 5.06. The van der Waals surface area contributed by atoms with E-state index in [1.165, 1.54) is 11.3 Å². The number of hydrogen-bond acceptors (Lipinski definition) is 5. The fourth-order valence-electron chi connectivity index (χ4n) is 3.42. The van der Waals surface area contributed by atoms with Crippen molar-refractivity contribution in [2.24, 2.45) is 0 Å². The summed E-state index contributed by atoms with van der Waals surface area (Å²) in [4.78, 5) is 32.3. The van der Waals surface area contributed by atoms with Crippen LogP contribution in [-0.4, -0.2) is 52.8 Å². The normalized spacial score (nSPS) is 13.8. The maximum absolute atomic E-state index is 12.8. The molecule has 32 heavy (non-hydrogen) atoms. The molecule has 0 atom stereocenters. The summed E-state index contributed by atoms with van der Waals surface area (Å²) in [6, 6.07) is 12.9. The van der Waals surface area contributed by atoms with Crippen molar-refractivity contribution in [1.82, 2.24) is 14.8 Å². The van der Waals surface area contributed by atoms with Crippen LogP contribution >= 0.6 is 34.5 Å². The number of carbonyl (C=O) groups is 2. The van der Waals surface area contributed by atoms with Crippen molar-refractivity contribution in [2.45, 2.75) is 13.5 Å². The molecule has 1 aromatic heterocycles. The molecule has 4 rings (SSSR count). The molecule has 0 saturated carbocycles. The average Bonchev–Trinajstić information content (AvgIpc) is 3.28. The van der Waals surface area contributed by atoms with E-state index < -0.39 is 0 Å². The Labute approximate surface area is 200 Å². The van der Waals surface area contributed by atoms with Crippen molar-refractivity contribution in [1.29, 1.82) is 0 Å². The van der Waals surface area contributed by atoms with E-state index >= 15 is 0 Å². The molecule has 2 heterocycles. The highest BCUT2D eigenvalue weighted by Gasteiger charge is 2.25. The quantitative estimate of drug-likeness (QED) is 0.505. The Balaban J connectivity index is 1.42. The molecule has 1 saturated heterocycles. The van der Waals surface area contributed by atoms with Gasteiger partial charge in [-0.1, -0.05) is 41.4 Å². The number of benzene rings is 2. The Hall–Kier alpha value is -2.61. The molecule has 0 radical (unpaired) electrons. The van der Waals surface area contributed by atoms with Crippen molar-refractivity contribution in [3.05, 3.63) is 69.1 Å². The molecule has 6 nitrogen and oxygen atoms in total. The number of nitrogens with zero attached hydrogens (tertiary/aromatic N) is 3. The summed E-state index contributed by atoms with van der Waals surface area (Å²) >= 11 is 14.0. The van der Waals surface area contributed by atoms with Crippen molar-refractivity contribution in [3.8, 4) is 16.3 Å². The first kappa shape index (κ1) is 22.6. The average molecular weight is 490 g/mol. The Morgan fingerprint density at radius 2 is 1.75 bits per heavy atom. The lowest BCUT2D eigenvalue weighted by molar-refractivity contribution is -0.130. The zero-order valence-corrected chi connectivity index (χ0v) is 19.7. The number of halogens is 2. The van der Waals surface area contributed by atoms with Gasteiger partial charge < -0.3 is 14.5 Å². The number of thiazole rings is 1. The Morgan fingerprint density at radius 3 is 2.44 bits per heavy atom. The monoisotopic (exact) mass is 489 g/mol. The molecule has 0 unspecified atom stereocenters. The molecule has 3 aromatic rings. The van der Waals surface area contributed by atoms with Crippen LogP contribution in [0.4, 0.5) is 0 Å². The minimum atomic E-state index is -0.133. The largest absolute Gasteiger partial charge is 0.489 e. The first-order valence-corrected chi connectivity index (χ1v) is 11.7. The number of rotatable bonds is 5. The van der Waals surface area contributed by atoms with Crippen LogP contribution in [0.1, 0.15) is 23.0 Å². The molecule has 1 aliphatic rings. The molecule has 166 valence electrons. The lowest BCUT2D eigenvalue weighted by Crippen LogP contribution is -2.50. The summed E-state index contributed by atoms with van der Waals surface area (Å²) in [5.41, 5.74) is 2.01. The summed E-state index contributed by atoms with van der Waals surface area (Å²) in [5.74, 6) is 0.517. The molecule has 0 N–H and O–H groups in total. The molecule has 2 aromatic carbocycles. The zero-order valence-electron chi connectivity index (χ0n) is 17.4. The molecule has 1 aliphatic heterocycles. The fraction of sp³-hybridized carbons (Fsp3) is 0.261. The molecular weight excluding hydrogens is 469 g/mol. The summed E-state index contributed by atoms with van der Waals surface area (Å²) in [7, 11) is 0. The third-order valence-corrected chi connectivity index (χ3v) is 6.82. The lowest BCUT2D eigenvalue weighted by atomic mass is 10.2. The predicted molar refractivity (Wildman–Crippen MR) is 127 cm³/mol. The summed E-state index contributed by atoms with van der Waals surface area (Å²) in [6.07, 6.45) is 0. The maximum Gasteiger partial charge on any atom is 0.273 e. The van der Waals surface area contributed by atoms with Gasteiger partial charge in [0, 0.05) is 54.6 Å².